The van der Waals surface area contributed by atoms with Gasteiger partial charge in [0.15, 0.2) is 5.69 Å². The monoisotopic (exact) mass is 264 g/mol. The third-order valence-corrected chi connectivity index (χ3v) is 3.21. The number of aryl methyl sites for hydroxylation is 1. The molecule has 0 saturated carbocycles. The number of hydrogen-bond donors (Lipinski definition) is 1. The van der Waals surface area contributed by atoms with Crippen LogP contribution in [0.2, 0.25) is 0 Å². The van der Waals surface area contributed by atoms with Crippen molar-refractivity contribution in [1.82, 2.24) is 9.97 Å². The predicted molar refractivity (Wildman–Crippen MR) is 70.9 cm³/mol. The molecule has 0 spiro atoms. The minimum atomic E-state index is -0.444. The second-order valence-electron chi connectivity index (χ2n) is 3.65. The molecule has 0 atom stereocenters. The van der Waals surface area contributed by atoms with Crippen LogP contribution in [0.4, 0.5) is 11.5 Å². The van der Waals surface area contributed by atoms with E-state index in [2.05, 4.69) is 15.3 Å². The van der Waals surface area contributed by atoms with E-state index in [1.54, 1.807) is 0 Å². The van der Waals surface area contributed by atoms with Crippen LogP contribution in [0.1, 0.15) is 11.8 Å². The lowest BCUT2D eigenvalue weighted by Gasteiger charge is -2.05. The van der Waals surface area contributed by atoms with Crippen LogP contribution in [-0.4, -0.2) is 21.4 Å². The summed E-state index contributed by atoms with van der Waals surface area (Å²) >= 11 is 1.54. The topological polar surface area (TPSA) is 81.0 Å². The summed E-state index contributed by atoms with van der Waals surface area (Å²) in [6, 6.07) is 1.88. The van der Waals surface area contributed by atoms with E-state index in [0.29, 0.717) is 12.2 Å². The van der Waals surface area contributed by atoms with Crippen LogP contribution < -0.4 is 5.32 Å². The van der Waals surface area contributed by atoms with Crippen molar-refractivity contribution in [1.29, 1.82) is 0 Å². The summed E-state index contributed by atoms with van der Waals surface area (Å²) in [4.78, 5) is 19.8. The summed E-state index contributed by atoms with van der Waals surface area (Å²) in [6.45, 7) is 4.38. The smallest absolute Gasteiger partial charge is 0.337 e. The van der Waals surface area contributed by atoms with Crippen molar-refractivity contribution in [3.8, 4) is 11.3 Å². The highest BCUT2D eigenvalue weighted by Crippen LogP contribution is 2.34. The number of nitrogens with one attached hydrogen (secondary N) is 1. The van der Waals surface area contributed by atoms with Gasteiger partial charge in [0, 0.05) is 22.4 Å². The van der Waals surface area contributed by atoms with E-state index < -0.39 is 4.92 Å². The van der Waals surface area contributed by atoms with Crippen LogP contribution in [0, 0.1) is 17.0 Å². The molecule has 0 amide bonds. The zero-order chi connectivity index (χ0) is 13.1. The molecule has 1 N–H and O–H groups in total. The SMILES string of the molecule is CCNc1ncnc(-c2csc(C)c2)c1[N+](=O)[O-]. The molecular weight excluding hydrogens is 252 g/mol. The molecule has 6 nitrogen and oxygen atoms in total. The minimum absolute atomic E-state index is 0.0721. The number of thiophene rings is 1. The highest BCUT2D eigenvalue weighted by Gasteiger charge is 2.23. The van der Waals surface area contributed by atoms with Crippen LogP contribution in [0.3, 0.4) is 0 Å². The Morgan fingerprint density at radius 3 is 2.83 bits per heavy atom. The first-order chi connectivity index (χ1) is 8.63. The molecule has 2 aromatic rings. The molecule has 94 valence electrons. The van der Waals surface area contributed by atoms with E-state index in [9.17, 15) is 10.1 Å². The standard InChI is InChI=1S/C11H12N4O2S/c1-3-12-11-10(15(16)17)9(13-6-14-11)8-4-7(2)18-5-8/h4-6H,3H2,1-2H3,(H,12,13,14). The van der Waals surface area contributed by atoms with Gasteiger partial charge < -0.3 is 5.32 Å². The van der Waals surface area contributed by atoms with Gasteiger partial charge in [-0.1, -0.05) is 0 Å². The Bertz CT molecular complexity index is 582. The lowest BCUT2D eigenvalue weighted by Crippen LogP contribution is -2.05. The van der Waals surface area contributed by atoms with Crippen molar-refractivity contribution < 1.29 is 4.92 Å². The summed E-state index contributed by atoms with van der Waals surface area (Å²) in [5, 5.41) is 15.9. The Kier molecular flexibility index (Phi) is 3.52. The van der Waals surface area contributed by atoms with E-state index >= 15 is 0 Å². The zero-order valence-electron chi connectivity index (χ0n) is 10.0. The molecule has 0 aromatic carbocycles. The van der Waals surface area contributed by atoms with E-state index in [1.807, 2.05) is 25.3 Å². The Balaban J connectivity index is 2.59. The van der Waals surface area contributed by atoms with E-state index in [-0.39, 0.29) is 11.5 Å². The van der Waals surface area contributed by atoms with Crippen LogP contribution in [-0.2, 0) is 0 Å². The van der Waals surface area contributed by atoms with Crippen molar-refractivity contribution in [3.63, 3.8) is 0 Å². The molecule has 0 radical (unpaired) electrons. The van der Waals surface area contributed by atoms with Gasteiger partial charge in [-0.25, -0.2) is 9.97 Å². The largest absolute Gasteiger partial charge is 0.365 e. The number of rotatable bonds is 4. The van der Waals surface area contributed by atoms with E-state index in [4.69, 9.17) is 0 Å². The average Bonchev–Trinajstić information content (AvgIpc) is 2.75. The molecule has 0 aliphatic rings. The first-order valence-corrected chi connectivity index (χ1v) is 6.30. The summed E-state index contributed by atoms with van der Waals surface area (Å²) in [7, 11) is 0. The van der Waals surface area contributed by atoms with Gasteiger partial charge in [0.05, 0.1) is 4.92 Å². The van der Waals surface area contributed by atoms with Gasteiger partial charge in [-0.05, 0) is 19.9 Å². The molecule has 2 rings (SSSR count). The summed E-state index contributed by atoms with van der Waals surface area (Å²) in [6.07, 6.45) is 1.34. The molecule has 0 aliphatic carbocycles. The number of anilines is 1. The van der Waals surface area contributed by atoms with Crippen molar-refractivity contribution in [2.45, 2.75) is 13.8 Å². The molecule has 0 fully saturated rings. The predicted octanol–water partition coefficient (Wildman–Crippen LogP) is 2.85. The quantitative estimate of drug-likeness (QED) is 0.678. The highest BCUT2D eigenvalue weighted by molar-refractivity contribution is 7.10. The number of nitrogens with zero attached hydrogens (tertiary/aromatic N) is 3. The van der Waals surface area contributed by atoms with Crippen LogP contribution in [0.25, 0.3) is 11.3 Å². The van der Waals surface area contributed by atoms with E-state index in [1.165, 1.54) is 17.7 Å². The Morgan fingerprint density at radius 2 is 2.28 bits per heavy atom. The summed E-state index contributed by atoms with van der Waals surface area (Å²) in [5.41, 5.74) is 1.04. The van der Waals surface area contributed by atoms with E-state index in [0.717, 1.165) is 10.4 Å². The second kappa shape index (κ2) is 5.09. The molecule has 0 aliphatic heterocycles. The fraction of sp³-hybridized carbons (Fsp3) is 0.273. The van der Waals surface area contributed by atoms with Gasteiger partial charge in [-0.15, -0.1) is 11.3 Å². The summed E-state index contributed by atoms with van der Waals surface area (Å²) < 4.78 is 0. The first-order valence-electron chi connectivity index (χ1n) is 5.42. The lowest BCUT2D eigenvalue weighted by molar-refractivity contribution is -0.383. The summed E-state index contributed by atoms with van der Waals surface area (Å²) in [5.74, 6) is 0.261. The maximum atomic E-state index is 11.2. The second-order valence-corrected chi connectivity index (χ2v) is 4.77. The fourth-order valence-corrected chi connectivity index (χ4v) is 2.31. The van der Waals surface area contributed by atoms with Crippen LogP contribution >= 0.6 is 11.3 Å². The molecule has 2 aromatic heterocycles. The normalized spacial score (nSPS) is 10.3. The van der Waals surface area contributed by atoms with Crippen molar-refractivity contribution >= 4 is 22.8 Å². The molecule has 0 bridgehead atoms. The van der Waals surface area contributed by atoms with Gasteiger partial charge in [-0.2, -0.15) is 0 Å². The maximum absolute atomic E-state index is 11.2. The Morgan fingerprint density at radius 1 is 1.50 bits per heavy atom. The number of nitro groups is 1. The van der Waals surface area contributed by atoms with Crippen LogP contribution in [0.5, 0.6) is 0 Å². The molecule has 2 heterocycles. The molecule has 18 heavy (non-hydrogen) atoms. The first kappa shape index (κ1) is 12.4. The zero-order valence-corrected chi connectivity index (χ0v) is 10.8. The van der Waals surface area contributed by atoms with Crippen molar-refractivity contribution in [2.75, 3.05) is 11.9 Å². The van der Waals surface area contributed by atoms with Crippen molar-refractivity contribution in [3.05, 3.63) is 32.8 Å². The van der Waals surface area contributed by atoms with Gasteiger partial charge in [0.25, 0.3) is 0 Å². The third kappa shape index (κ3) is 2.30. The van der Waals surface area contributed by atoms with Crippen LogP contribution in [0.15, 0.2) is 17.8 Å². The maximum Gasteiger partial charge on any atom is 0.337 e. The van der Waals surface area contributed by atoms with Gasteiger partial charge in [0.2, 0.25) is 5.82 Å². The third-order valence-electron chi connectivity index (χ3n) is 2.35. The van der Waals surface area contributed by atoms with Gasteiger partial charge in [0.1, 0.15) is 6.33 Å². The lowest BCUT2D eigenvalue weighted by atomic mass is 10.2. The molecular formula is C11H12N4O2S. The molecule has 0 saturated heterocycles. The molecule has 0 unspecified atom stereocenters. The van der Waals surface area contributed by atoms with Crippen molar-refractivity contribution in [2.24, 2.45) is 0 Å². The Hall–Kier alpha value is -2.02. The number of hydrogen-bond acceptors (Lipinski definition) is 6. The molecule has 7 heteroatoms. The fourth-order valence-electron chi connectivity index (χ4n) is 1.63. The highest BCUT2D eigenvalue weighted by atomic mass is 32.1. The average molecular weight is 264 g/mol. The van der Waals surface area contributed by atoms with Gasteiger partial charge in [-0.3, -0.25) is 10.1 Å². The minimum Gasteiger partial charge on any atom is -0.365 e. The van der Waals surface area contributed by atoms with Gasteiger partial charge >= 0.3 is 5.69 Å². The Labute approximate surface area is 108 Å². The number of aromatic nitrogens is 2.